The molecule has 1 fully saturated rings. The van der Waals surface area contributed by atoms with Crippen LogP contribution in [0.25, 0.3) is 0 Å². The molecular formula is C16H21N3O. The first-order valence-electron chi connectivity index (χ1n) is 7.17. The standard InChI is InChI=1S/C16H21N3O/c20-13-16(6-7-16)12-17-8-15-9-18-19(11-15)10-14-4-2-1-3-5-14/h1-5,9,11,17,20H,6-8,10,12-13H2. The van der Waals surface area contributed by atoms with E-state index in [4.69, 9.17) is 0 Å². The zero-order chi connectivity index (χ0) is 13.8. The van der Waals surface area contributed by atoms with Gasteiger partial charge in [-0.15, -0.1) is 0 Å². The van der Waals surface area contributed by atoms with E-state index in [1.807, 2.05) is 29.1 Å². The van der Waals surface area contributed by atoms with Gasteiger partial charge < -0.3 is 10.4 Å². The van der Waals surface area contributed by atoms with Crippen LogP contribution in [0.5, 0.6) is 0 Å². The Kier molecular flexibility index (Phi) is 3.85. The van der Waals surface area contributed by atoms with Gasteiger partial charge in [-0.1, -0.05) is 30.3 Å². The predicted molar refractivity (Wildman–Crippen MR) is 78.2 cm³/mol. The molecule has 0 spiro atoms. The lowest BCUT2D eigenvalue weighted by atomic mass is 10.1. The highest BCUT2D eigenvalue weighted by molar-refractivity contribution is 5.15. The van der Waals surface area contributed by atoms with E-state index in [0.717, 1.165) is 32.5 Å². The zero-order valence-electron chi connectivity index (χ0n) is 11.6. The van der Waals surface area contributed by atoms with Crippen molar-refractivity contribution >= 4 is 0 Å². The summed E-state index contributed by atoms with van der Waals surface area (Å²) in [5.41, 5.74) is 2.61. The second-order valence-corrected chi connectivity index (χ2v) is 5.79. The number of rotatable bonds is 7. The first-order valence-corrected chi connectivity index (χ1v) is 7.17. The number of nitrogens with one attached hydrogen (secondary N) is 1. The summed E-state index contributed by atoms with van der Waals surface area (Å²) < 4.78 is 1.96. The van der Waals surface area contributed by atoms with Crippen LogP contribution in [0.4, 0.5) is 0 Å². The van der Waals surface area contributed by atoms with E-state index >= 15 is 0 Å². The topological polar surface area (TPSA) is 50.1 Å². The second kappa shape index (κ2) is 5.77. The third-order valence-electron chi connectivity index (χ3n) is 4.00. The number of aliphatic hydroxyl groups excluding tert-OH is 1. The second-order valence-electron chi connectivity index (χ2n) is 5.79. The smallest absolute Gasteiger partial charge is 0.0659 e. The van der Waals surface area contributed by atoms with Crippen LogP contribution in [0.1, 0.15) is 24.0 Å². The maximum Gasteiger partial charge on any atom is 0.0659 e. The summed E-state index contributed by atoms with van der Waals surface area (Å²) >= 11 is 0. The third kappa shape index (κ3) is 3.26. The summed E-state index contributed by atoms with van der Waals surface area (Å²) in [7, 11) is 0. The first kappa shape index (κ1) is 13.3. The Balaban J connectivity index is 1.49. The van der Waals surface area contributed by atoms with Gasteiger partial charge in [-0.3, -0.25) is 4.68 Å². The summed E-state index contributed by atoms with van der Waals surface area (Å²) in [4.78, 5) is 0. The predicted octanol–water partition coefficient (Wildman–Crippen LogP) is 1.79. The summed E-state index contributed by atoms with van der Waals surface area (Å²) in [6, 6.07) is 10.3. The van der Waals surface area contributed by atoms with Crippen LogP contribution >= 0.6 is 0 Å². The Bertz CT molecular complexity index is 546. The number of benzene rings is 1. The molecule has 4 nitrogen and oxygen atoms in total. The van der Waals surface area contributed by atoms with E-state index in [9.17, 15) is 5.11 Å². The Labute approximate surface area is 119 Å². The van der Waals surface area contributed by atoms with Crippen molar-refractivity contribution in [3.63, 3.8) is 0 Å². The van der Waals surface area contributed by atoms with Gasteiger partial charge in [0, 0.05) is 36.9 Å². The van der Waals surface area contributed by atoms with E-state index in [0.29, 0.717) is 6.61 Å². The minimum atomic E-state index is 0.167. The van der Waals surface area contributed by atoms with Crippen molar-refractivity contribution in [3.05, 3.63) is 53.9 Å². The average molecular weight is 271 g/mol. The van der Waals surface area contributed by atoms with Crippen molar-refractivity contribution in [2.45, 2.75) is 25.9 Å². The highest BCUT2D eigenvalue weighted by Crippen LogP contribution is 2.44. The average Bonchev–Trinajstić information content (AvgIpc) is 3.13. The summed E-state index contributed by atoms with van der Waals surface area (Å²) in [5.74, 6) is 0. The molecule has 4 heteroatoms. The van der Waals surface area contributed by atoms with Crippen LogP contribution < -0.4 is 5.32 Å². The minimum absolute atomic E-state index is 0.167. The van der Waals surface area contributed by atoms with E-state index in [-0.39, 0.29) is 5.41 Å². The lowest BCUT2D eigenvalue weighted by Gasteiger charge is -2.11. The Morgan fingerprint density at radius 2 is 2.00 bits per heavy atom. The number of hydrogen-bond acceptors (Lipinski definition) is 3. The molecule has 1 saturated carbocycles. The molecule has 2 N–H and O–H groups in total. The summed E-state index contributed by atoms with van der Waals surface area (Å²) in [6.07, 6.45) is 6.28. The monoisotopic (exact) mass is 271 g/mol. The van der Waals surface area contributed by atoms with Crippen LogP contribution in [-0.2, 0) is 13.1 Å². The van der Waals surface area contributed by atoms with Crippen molar-refractivity contribution in [2.75, 3.05) is 13.2 Å². The fourth-order valence-corrected chi connectivity index (χ4v) is 2.39. The van der Waals surface area contributed by atoms with Crippen LogP contribution in [0.15, 0.2) is 42.7 Å². The van der Waals surface area contributed by atoms with E-state index in [1.165, 1.54) is 11.1 Å². The van der Waals surface area contributed by atoms with Crippen LogP contribution in [0.2, 0.25) is 0 Å². The van der Waals surface area contributed by atoms with Crippen LogP contribution in [-0.4, -0.2) is 28.0 Å². The molecule has 1 aliphatic carbocycles. The molecule has 106 valence electrons. The molecule has 3 rings (SSSR count). The Morgan fingerprint density at radius 3 is 2.70 bits per heavy atom. The molecule has 0 unspecified atom stereocenters. The molecule has 0 aliphatic heterocycles. The molecule has 0 amide bonds. The van der Waals surface area contributed by atoms with Gasteiger partial charge in [0.1, 0.15) is 0 Å². The van der Waals surface area contributed by atoms with Gasteiger partial charge in [0.2, 0.25) is 0 Å². The molecule has 1 heterocycles. The quantitative estimate of drug-likeness (QED) is 0.807. The van der Waals surface area contributed by atoms with Crippen molar-refractivity contribution in [2.24, 2.45) is 5.41 Å². The minimum Gasteiger partial charge on any atom is -0.396 e. The van der Waals surface area contributed by atoms with Crippen molar-refractivity contribution < 1.29 is 5.11 Å². The lowest BCUT2D eigenvalue weighted by molar-refractivity contribution is 0.207. The number of hydrogen-bond donors (Lipinski definition) is 2. The molecule has 0 atom stereocenters. The summed E-state index contributed by atoms with van der Waals surface area (Å²) in [6.45, 7) is 2.82. The van der Waals surface area contributed by atoms with Crippen LogP contribution in [0, 0.1) is 5.41 Å². The van der Waals surface area contributed by atoms with Gasteiger partial charge in [0.25, 0.3) is 0 Å². The maximum atomic E-state index is 9.27. The van der Waals surface area contributed by atoms with Gasteiger partial charge in [-0.25, -0.2) is 0 Å². The highest BCUT2D eigenvalue weighted by atomic mass is 16.3. The number of nitrogens with zero attached hydrogens (tertiary/aromatic N) is 2. The van der Waals surface area contributed by atoms with Gasteiger partial charge in [-0.05, 0) is 18.4 Å². The molecular weight excluding hydrogens is 250 g/mol. The normalized spacial score (nSPS) is 16.2. The fraction of sp³-hybridized carbons (Fsp3) is 0.438. The Hall–Kier alpha value is -1.65. The molecule has 1 aromatic heterocycles. The summed E-state index contributed by atoms with van der Waals surface area (Å²) in [5, 5.41) is 17.1. The molecule has 1 aliphatic rings. The fourth-order valence-electron chi connectivity index (χ4n) is 2.39. The number of aromatic nitrogens is 2. The van der Waals surface area contributed by atoms with Gasteiger partial charge in [0.05, 0.1) is 12.7 Å². The van der Waals surface area contributed by atoms with Crippen LogP contribution in [0.3, 0.4) is 0 Å². The molecule has 0 bridgehead atoms. The molecule has 20 heavy (non-hydrogen) atoms. The van der Waals surface area contributed by atoms with Gasteiger partial charge >= 0.3 is 0 Å². The molecule has 1 aromatic carbocycles. The van der Waals surface area contributed by atoms with Gasteiger partial charge in [-0.2, -0.15) is 5.10 Å². The van der Waals surface area contributed by atoms with E-state index < -0.39 is 0 Å². The van der Waals surface area contributed by atoms with Crippen molar-refractivity contribution in [3.8, 4) is 0 Å². The maximum absolute atomic E-state index is 9.27. The Morgan fingerprint density at radius 1 is 1.20 bits per heavy atom. The third-order valence-corrected chi connectivity index (χ3v) is 4.00. The van der Waals surface area contributed by atoms with Crippen molar-refractivity contribution in [1.29, 1.82) is 0 Å². The SMILES string of the molecule is OCC1(CNCc2cnn(Cc3ccccc3)c2)CC1. The van der Waals surface area contributed by atoms with E-state index in [2.05, 4.69) is 28.7 Å². The van der Waals surface area contributed by atoms with Crippen molar-refractivity contribution in [1.82, 2.24) is 15.1 Å². The molecule has 2 aromatic rings. The molecule has 0 saturated heterocycles. The highest BCUT2D eigenvalue weighted by Gasteiger charge is 2.41. The lowest BCUT2D eigenvalue weighted by Crippen LogP contribution is -2.25. The van der Waals surface area contributed by atoms with Gasteiger partial charge in [0.15, 0.2) is 0 Å². The largest absolute Gasteiger partial charge is 0.396 e. The zero-order valence-corrected chi connectivity index (χ0v) is 11.6. The van der Waals surface area contributed by atoms with E-state index in [1.54, 1.807) is 0 Å². The molecule has 0 radical (unpaired) electrons. The first-order chi connectivity index (χ1) is 9.80. The number of aliphatic hydroxyl groups is 1.